The highest BCUT2D eigenvalue weighted by Crippen LogP contribution is 2.32. The number of carbonyl (C=O) groups excluding carboxylic acids is 1. The fraction of sp³-hybridized carbons (Fsp3) is 0.533. The molecule has 3 nitrogen and oxygen atoms in total. The number of amides is 1. The molecule has 1 unspecified atom stereocenters. The van der Waals surface area contributed by atoms with Gasteiger partial charge in [0, 0.05) is 23.7 Å². The molecule has 0 spiro atoms. The van der Waals surface area contributed by atoms with E-state index >= 15 is 0 Å². The number of halogens is 1. The summed E-state index contributed by atoms with van der Waals surface area (Å²) in [7, 11) is 0. The predicted octanol–water partition coefficient (Wildman–Crippen LogP) is 3.15. The molecular formula is C15H21FN2O. The van der Waals surface area contributed by atoms with Gasteiger partial charge >= 0.3 is 0 Å². The monoisotopic (exact) mass is 264 g/mol. The van der Waals surface area contributed by atoms with Crippen molar-refractivity contribution in [2.24, 2.45) is 11.7 Å². The summed E-state index contributed by atoms with van der Waals surface area (Å²) in [6.45, 7) is 4.15. The molecule has 0 saturated heterocycles. The van der Waals surface area contributed by atoms with Crippen molar-refractivity contribution >= 4 is 11.6 Å². The Kier molecular flexibility index (Phi) is 4.20. The summed E-state index contributed by atoms with van der Waals surface area (Å²) in [4.78, 5) is 11.3. The Morgan fingerprint density at radius 2 is 2.00 bits per heavy atom. The average molecular weight is 264 g/mol. The molecule has 1 aliphatic rings. The van der Waals surface area contributed by atoms with Gasteiger partial charge in [0.2, 0.25) is 5.91 Å². The van der Waals surface area contributed by atoms with Gasteiger partial charge in [-0.1, -0.05) is 26.7 Å². The highest BCUT2D eigenvalue weighted by molar-refractivity contribution is 5.93. The van der Waals surface area contributed by atoms with E-state index in [1.54, 1.807) is 0 Å². The third kappa shape index (κ3) is 2.78. The number of carbonyl (C=O) groups is 1. The van der Waals surface area contributed by atoms with E-state index < -0.39 is 0 Å². The Hall–Kier alpha value is -1.42. The maximum absolute atomic E-state index is 14.2. The van der Waals surface area contributed by atoms with Crippen molar-refractivity contribution in [3.05, 3.63) is 29.1 Å². The molecule has 0 aliphatic carbocycles. The number of aryl methyl sites for hydroxylation is 1. The van der Waals surface area contributed by atoms with Crippen LogP contribution in [0.5, 0.6) is 0 Å². The number of anilines is 1. The smallest absolute Gasteiger partial charge is 0.224 e. The van der Waals surface area contributed by atoms with Crippen LogP contribution in [-0.4, -0.2) is 5.91 Å². The van der Waals surface area contributed by atoms with Crippen LogP contribution in [0.2, 0.25) is 0 Å². The van der Waals surface area contributed by atoms with Gasteiger partial charge in [0.15, 0.2) is 0 Å². The number of hydrogen-bond acceptors (Lipinski definition) is 2. The lowest BCUT2D eigenvalue weighted by Crippen LogP contribution is -2.24. The first kappa shape index (κ1) is 14.0. The summed E-state index contributed by atoms with van der Waals surface area (Å²) in [5, 5.41) is 2.70. The van der Waals surface area contributed by atoms with Crippen LogP contribution >= 0.6 is 0 Å². The molecule has 0 radical (unpaired) electrons. The third-order valence-corrected chi connectivity index (χ3v) is 4.03. The number of nitrogens with two attached hydrogens (primary N) is 1. The van der Waals surface area contributed by atoms with Crippen LogP contribution in [-0.2, 0) is 11.2 Å². The molecule has 3 N–H and O–H groups in total. The van der Waals surface area contributed by atoms with E-state index in [0.29, 0.717) is 24.1 Å². The number of fused-ring (bicyclic) bond motifs is 1. The summed E-state index contributed by atoms with van der Waals surface area (Å²) < 4.78 is 14.2. The van der Waals surface area contributed by atoms with Crippen LogP contribution in [0.25, 0.3) is 0 Å². The van der Waals surface area contributed by atoms with Crippen molar-refractivity contribution in [2.75, 3.05) is 5.32 Å². The minimum absolute atomic E-state index is 0.0519. The summed E-state index contributed by atoms with van der Waals surface area (Å²) in [5.74, 6) is -0.0879. The summed E-state index contributed by atoms with van der Waals surface area (Å²) in [6, 6.07) is 2.95. The molecule has 4 heteroatoms. The van der Waals surface area contributed by atoms with Gasteiger partial charge in [0.05, 0.1) is 0 Å². The molecule has 1 aromatic rings. The predicted molar refractivity (Wildman–Crippen MR) is 74.4 cm³/mol. The number of hydrogen-bond donors (Lipinski definition) is 2. The largest absolute Gasteiger partial charge is 0.326 e. The zero-order chi connectivity index (χ0) is 14.0. The van der Waals surface area contributed by atoms with E-state index in [0.717, 1.165) is 18.4 Å². The third-order valence-electron chi connectivity index (χ3n) is 4.03. The number of benzene rings is 1. The second-order valence-electron chi connectivity index (χ2n) is 5.18. The average Bonchev–Trinajstić information content (AvgIpc) is 2.39. The standard InChI is InChI=1S/C15H21FN2O/c1-3-9(4-2)15(17)11-7-10-5-6-14(19)18-13(10)8-12(11)16/h7-9,15H,3-6,17H2,1-2H3,(H,18,19). The number of rotatable bonds is 4. The minimum atomic E-state index is -0.319. The van der Waals surface area contributed by atoms with Gasteiger partial charge in [-0.15, -0.1) is 0 Å². The van der Waals surface area contributed by atoms with Crippen molar-refractivity contribution in [3.63, 3.8) is 0 Å². The lowest BCUT2D eigenvalue weighted by molar-refractivity contribution is -0.116. The second-order valence-corrected chi connectivity index (χ2v) is 5.18. The molecule has 0 fully saturated rings. The molecule has 0 saturated carbocycles. The zero-order valence-electron chi connectivity index (χ0n) is 11.5. The zero-order valence-corrected chi connectivity index (χ0v) is 11.5. The highest BCUT2D eigenvalue weighted by Gasteiger charge is 2.23. The Balaban J connectivity index is 2.34. The van der Waals surface area contributed by atoms with Gasteiger partial charge in [0.1, 0.15) is 5.82 Å². The first-order valence-corrected chi connectivity index (χ1v) is 6.94. The molecule has 104 valence electrons. The molecule has 1 atom stereocenters. The van der Waals surface area contributed by atoms with Gasteiger partial charge in [-0.25, -0.2) is 4.39 Å². The Bertz CT molecular complexity index is 483. The minimum Gasteiger partial charge on any atom is -0.326 e. The highest BCUT2D eigenvalue weighted by atomic mass is 19.1. The molecule has 0 aromatic heterocycles. The van der Waals surface area contributed by atoms with Crippen molar-refractivity contribution in [1.29, 1.82) is 0 Å². The maximum atomic E-state index is 14.2. The lowest BCUT2D eigenvalue weighted by atomic mass is 9.87. The lowest BCUT2D eigenvalue weighted by Gasteiger charge is -2.25. The van der Waals surface area contributed by atoms with Crippen LogP contribution in [0.1, 0.15) is 50.3 Å². The van der Waals surface area contributed by atoms with Crippen molar-refractivity contribution in [1.82, 2.24) is 0 Å². The van der Waals surface area contributed by atoms with Gasteiger partial charge in [-0.3, -0.25) is 4.79 Å². The molecule has 19 heavy (non-hydrogen) atoms. The van der Waals surface area contributed by atoms with E-state index in [1.807, 2.05) is 6.07 Å². The SMILES string of the molecule is CCC(CC)C(N)c1cc2c(cc1F)NC(=O)CC2. The molecule has 1 amide bonds. The molecule has 1 aromatic carbocycles. The normalized spacial score (nSPS) is 16.2. The van der Waals surface area contributed by atoms with Gasteiger partial charge in [0.25, 0.3) is 0 Å². The van der Waals surface area contributed by atoms with Crippen molar-refractivity contribution in [3.8, 4) is 0 Å². The maximum Gasteiger partial charge on any atom is 0.224 e. The van der Waals surface area contributed by atoms with E-state index in [4.69, 9.17) is 5.73 Å². The van der Waals surface area contributed by atoms with Gasteiger partial charge in [-0.05, 0) is 30.0 Å². The topological polar surface area (TPSA) is 55.1 Å². The summed E-state index contributed by atoms with van der Waals surface area (Å²) in [5.41, 5.74) is 8.34. The number of nitrogens with one attached hydrogen (secondary N) is 1. The van der Waals surface area contributed by atoms with E-state index in [9.17, 15) is 9.18 Å². The fourth-order valence-electron chi connectivity index (χ4n) is 2.73. The second kappa shape index (κ2) is 5.70. The molecule has 1 heterocycles. The summed E-state index contributed by atoms with van der Waals surface area (Å²) in [6.07, 6.45) is 2.98. The van der Waals surface area contributed by atoms with Gasteiger partial charge < -0.3 is 11.1 Å². The van der Waals surface area contributed by atoms with Crippen molar-refractivity contribution < 1.29 is 9.18 Å². The van der Waals surface area contributed by atoms with Crippen LogP contribution in [0.3, 0.4) is 0 Å². The van der Waals surface area contributed by atoms with Crippen LogP contribution in [0.4, 0.5) is 10.1 Å². The Morgan fingerprint density at radius 1 is 1.32 bits per heavy atom. The fourth-order valence-corrected chi connectivity index (χ4v) is 2.73. The van der Waals surface area contributed by atoms with E-state index in [-0.39, 0.29) is 23.7 Å². The molecule has 2 rings (SSSR count). The molecule has 1 aliphatic heterocycles. The quantitative estimate of drug-likeness (QED) is 0.877. The Labute approximate surface area is 113 Å². The van der Waals surface area contributed by atoms with Crippen LogP contribution in [0, 0.1) is 11.7 Å². The van der Waals surface area contributed by atoms with Gasteiger partial charge in [-0.2, -0.15) is 0 Å². The molecular weight excluding hydrogens is 243 g/mol. The van der Waals surface area contributed by atoms with E-state index in [1.165, 1.54) is 6.07 Å². The molecule has 0 bridgehead atoms. The first-order chi connectivity index (χ1) is 9.06. The van der Waals surface area contributed by atoms with E-state index in [2.05, 4.69) is 19.2 Å². The Morgan fingerprint density at radius 3 is 2.63 bits per heavy atom. The van der Waals surface area contributed by atoms with Crippen molar-refractivity contribution in [2.45, 2.75) is 45.6 Å². The first-order valence-electron chi connectivity index (χ1n) is 6.94. The van der Waals surface area contributed by atoms with Crippen LogP contribution in [0.15, 0.2) is 12.1 Å². The summed E-state index contributed by atoms with van der Waals surface area (Å²) >= 11 is 0. The van der Waals surface area contributed by atoms with Crippen LogP contribution < -0.4 is 11.1 Å².